The summed E-state index contributed by atoms with van der Waals surface area (Å²) in [6, 6.07) is 10.3. The molecule has 0 fully saturated rings. The molecule has 0 radical (unpaired) electrons. The zero-order chi connectivity index (χ0) is 13.5. The third-order valence-electron chi connectivity index (χ3n) is 2.75. The van der Waals surface area contributed by atoms with Gasteiger partial charge in [0, 0.05) is 6.04 Å². The van der Waals surface area contributed by atoms with E-state index in [0.29, 0.717) is 12.0 Å². The summed E-state index contributed by atoms with van der Waals surface area (Å²) in [6.45, 7) is 4.33. The third-order valence-corrected chi connectivity index (χ3v) is 3.68. The summed E-state index contributed by atoms with van der Waals surface area (Å²) >= 11 is 1.95. The number of benzene rings is 1. The van der Waals surface area contributed by atoms with Gasteiger partial charge in [-0.2, -0.15) is 16.4 Å². The standard InChI is InChI=1S/C13H19N5S/c1-3-19-10-9-11(2)14-13-15-16-17-18(13)12-7-5-4-6-8-12/h4-8,11H,3,9-10H2,1-2H3,(H,14,15,17). The fourth-order valence-electron chi connectivity index (χ4n) is 1.72. The van der Waals surface area contributed by atoms with Gasteiger partial charge in [-0.25, -0.2) is 0 Å². The van der Waals surface area contributed by atoms with Crippen molar-refractivity contribution in [1.82, 2.24) is 20.2 Å². The maximum Gasteiger partial charge on any atom is 0.247 e. The van der Waals surface area contributed by atoms with Crippen molar-refractivity contribution in [1.29, 1.82) is 0 Å². The van der Waals surface area contributed by atoms with E-state index in [4.69, 9.17) is 0 Å². The highest BCUT2D eigenvalue weighted by Crippen LogP contribution is 2.13. The Morgan fingerprint density at radius 1 is 1.32 bits per heavy atom. The molecule has 0 aliphatic carbocycles. The van der Waals surface area contributed by atoms with Gasteiger partial charge in [0.2, 0.25) is 5.95 Å². The highest BCUT2D eigenvalue weighted by Gasteiger charge is 2.10. The first-order valence-electron chi connectivity index (χ1n) is 6.49. The van der Waals surface area contributed by atoms with Crippen LogP contribution in [0.5, 0.6) is 0 Å². The van der Waals surface area contributed by atoms with Crippen molar-refractivity contribution in [2.75, 3.05) is 16.8 Å². The number of aromatic nitrogens is 4. The molecule has 2 rings (SSSR count). The minimum Gasteiger partial charge on any atom is -0.350 e. The van der Waals surface area contributed by atoms with Crippen LogP contribution in [0, 0.1) is 0 Å². The van der Waals surface area contributed by atoms with E-state index < -0.39 is 0 Å². The average Bonchev–Trinajstić information content (AvgIpc) is 2.88. The summed E-state index contributed by atoms with van der Waals surface area (Å²) in [5.74, 6) is 3.01. The normalized spacial score (nSPS) is 12.3. The number of para-hydroxylation sites is 1. The Morgan fingerprint density at radius 2 is 2.11 bits per heavy atom. The molecule has 0 aliphatic rings. The SMILES string of the molecule is CCSCCC(C)Nc1nnnn1-c1ccccc1. The highest BCUT2D eigenvalue weighted by atomic mass is 32.2. The van der Waals surface area contributed by atoms with Crippen molar-refractivity contribution >= 4 is 17.7 Å². The Bertz CT molecular complexity index is 485. The minimum absolute atomic E-state index is 0.354. The summed E-state index contributed by atoms with van der Waals surface area (Å²) in [5, 5.41) is 15.2. The van der Waals surface area contributed by atoms with E-state index in [9.17, 15) is 0 Å². The average molecular weight is 277 g/mol. The van der Waals surface area contributed by atoms with Gasteiger partial charge in [0.25, 0.3) is 0 Å². The van der Waals surface area contributed by atoms with Crippen molar-refractivity contribution in [2.24, 2.45) is 0 Å². The number of rotatable bonds is 7. The largest absolute Gasteiger partial charge is 0.350 e. The van der Waals surface area contributed by atoms with E-state index >= 15 is 0 Å². The Morgan fingerprint density at radius 3 is 2.84 bits per heavy atom. The topological polar surface area (TPSA) is 55.6 Å². The molecule has 0 spiro atoms. The van der Waals surface area contributed by atoms with Crippen LogP contribution in [0.2, 0.25) is 0 Å². The number of hydrogen-bond acceptors (Lipinski definition) is 5. The molecule has 1 atom stereocenters. The predicted molar refractivity (Wildman–Crippen MR) is 79.9 cm³/mol. The molecular weight excluding hydrogens is 258 g/mol. The van der Waals surface area contributed by atoms with Crippen LogP contribution in [0.25, 0.3) is 5.69 Å². The zero-order valence-electron chi connectivity index (χ0n) is 11.3. The van der Waals surface area contributed by atoms with Crippen molar-refractivity contribution in [3.05, 3.63) is 30.3 Å². The first-order chi connectivity index (χ1) is 9.31. The van der Waals surface area contributed by atoms with Gasteiger partial charge in [-0.1, -0.05) is 30.2 Å². The number of anilines is 1. The van der Waals surface area contributed by atoms with Gasteiger partial charge in [0.05, 0.1) is 5.69 Å². The monoisotopic (exact) mass is 277 g/mol. The van der Waals surface area contributed by atoms with Gasteiger partial charge in [-0.3, -0.25) is 0 Å². The Balaban J connectivity index is 2.00. The van der Waals surface area contributed by atoms with Crippen molar-refractivity contribution in [3.8, 4) is 5.69 Å². The lowest BCUT2D eigenvalue weighted by atomic mass is 10.3. The van der Waals surface area contributed by atoms with Crippen LogP contribution in [0.1, 0.15) is 20.3 Å². The van der Waals surface area contributed by atoms with Gasteiger partial charge in [-0.15, -0.1) is 0 Å². The maximum absolute atomic E-state index is 4.04. The Labute approximate surface area is 117 Å². The highest BCUT2D eigenvalue weighted by molar-refractivity contribution is 7.99. The zero-order valence-corrected chi connectivity index (χ0v) is 12.1. The smallest absolute Gasteiger partial charge is 0.247 e. The number of thioether (sulfide) groups is 1. The van der Waals surface area contributed by atoms with Crippen molar-refractivity contribution in [3.63, 3.8) is 0 Å². The molecule has 19 heavy (non-hydrogen) atoms. The van der Waals surface area contributed by atoms with E-state index in [1.165, 1.54) is 0 Å². The fraction of sp³-hybridized carbons (Fsp3) is 0.462. The lowest BCUT2D eigenvalue weighted by molar-refractivity contribution is 0.743. The molecule has 1 unspecified atom stereocenters. The van der Waals surface area contributed by atoms with E-state index in [-0.39, 0.29) is 0 Å². The first kappa shape index (κ1) is 13.9. The van der Waals surface area contributed by atoms with E-state index in [1.54, 1.807) is 4.68 Å². The molecule has 5 nitrogen and oxygen atoms in total. The molecule has 6 heteroatoms. The molecule has 1 aromatic heterocycles. The number of hydrogen-bond donors (Lipinski definition) is 1. The van der Waals surface area contributed by atoms with Crippen molar-refractivity contribution < 1.29 is 0 Å². The number of nitrogens with zero attached hydrogens (tertiary/aromatic N) is 4. The van der Waals surface area contributed by atoms with E-state index in [0.717, 1.165) is 23.6 Å². The van der Waals surface area contributed by atoms with Crippen LogP contribution in [0.3, 0.4) is 0 Å². The van der Waals surface area contributed by atoms with Crippen LogP contribution in [0.4, 0.5) is 5.95 Å². The van der Waals surface area contributed by atoms with Gasteiger partial charge in [-0.05, 0) is 47.4 Å². The first-order valence-corrected chi connectivity index (χ1v) is 7.64. The van der Waals surface area contributed by atoms with Gasteiger partial charge < -0.3 is 5.32 Å². The Kier molecular flexibility index (Phi) is 5.20. The van der Waals surface area contributed by atoms with Gasteiger partial charge >= 0.3 is 0 Å². The van der Waals surface area contributed by atoms with Crippen molar-refractivity contribution in [2.45, 2.75) is 26.3 Å². The van der Waals surface area contributed by atoms with Crippen LogP contribution in [-0.4, -0.2) is 37.8 Å². The van der Waals surface area contributed by atoms with Crippen LogP contribution in [-0.2, 0) is 0 Å². The van der Waals surface area contributed by atoms with Crippen LogP contribution in [0.15, 0.2) is 30.3 Å². The van der Waals surface area contributed by atoms with Crippen LogP contribution < -0.4 is 5.32 Å². The minimum atomic E-state index is 0.354. The summed E-state index contributed by atoms with van der Waals surface area (Å²) in [5.41, 5.74) is 0.963. The molecule has 1 N–H and O–H groups in total. The molecule has 0 saturated heterocycles. The summed E-state index contributed by atoms with van der Waals surface area (Å²) in [6.07, 6.45) is 1.10. The number of nitrogens with one attached hydrogen (secondary N) is 1. The number of tetrazole rings is 1. The summed E-state index contributed by atoms with van der Waals surface area (Å²) in [7, 11) is 0. The second-order valence-corrected chi connectivity index (χ2v) is 5.67. The quantitative estimate of drug-likeness (QED) is 0.788. The molecule has 2 aromatic rings. The molecule has 0 aliphatic heterocycles. The molecule has 0 bridgehead atoms. The second kappa shape index (κ2) is 7.13. The summed E-state index contributed by atoms with van der Waals surface area (Å²) < 4.78 is 1.73. The van der Waals surface area contributed by atoms with Crippen LogP contribution >= 0.6 is 11.8 Å². The molecule has 1 heterocycles. The second-order valence-electron chi connectivity index (χ2n) is 4.28. The predicted octanol–water partition coefficient (Wildman–Crippen LogP) is 2.61. The fourth-order valence-corrected chi connectivity index (χ4v) is 2.53. The lowest BCUT2D eigenvalue weighted by Crippen LogP contribution is -2.19. The van der Waals surface area contributed by atoms with E-state index in [1.807, 2.05) is 42.1 Å². The third kappa shape index (κ3) is 3.96. The van der Waals surface area contributed by atoms with Gasteiger partial charge in [0.1, 0.15) is 0 Å². The molecule has 102 valence electrons. The molecule has 0 saturated carbocycles. The molecular formula is C13H19N5S. The summed E-state index contributed by atoms with van der Waals surface area (Å²) in [4.78, 5) is 0. The Hall–Kier alpha value is -1.56. The van der Waals surface area contributed by atoms with E-state index in [2.05, 4.69) is 34.7 Å². The molecule has 1 aromatic carbocycles. The lowest BCUT2D eigenvalue weighted by Gasteiger charge is -2.13. The maximum atomic E-state index is 4.04. The van der Waals surface area contributed by atoms with Gasteiger partial charge in [0.15, 0.2) is 0 Å². The molecule has 0 amide bonds.